The van der Waals surface area contributed by atoms with Crippen molar-refractivity contribution in [3.63, 3.8) is 0 Å². The third kappa shape index (κ3) is 3.64. The number of hydrogen-bond donors (Lipinski definition) is 2. The van der Waals surface area contributed by atoms with Crippen LogP contribution in [-0.4, -0.2) is 17.3 Å². The molecule has 0 radical (unpaired) electrons. The highest BCUT2D eigenvalue weighted by Crippen LogP contribution is 2.28. The van der Waals surface area contributed by atoms with Gasteiger partial charge in [-0.15, -0.1) is 0 Å². The molecule has 0 fully saturated rings. The van der Waals surface area contributed by atoms with Crippen molar-refractivity contribution >= 4 is 0 Å². The first-order valence-corrected chi connectivity index (χ1v) is 4.67. The third-order valence-electron chi connectivity index (χ3n) is 2.21. The number of halogens is 5. The van der Waals surface area contributed by atoms with Crippen molar-refractivity contribution in [2.75, 3.05) is 0 Å². The molecule has 2 nitrogen and oxygen atoms in total. The number of benzene rings is 1. The van der Waals surface area contributed by atoms with E-state index < -0.39 is 41.9 Å². The maximum absolute atomic E-state index is 13.1. The molecule has 96 valence electrons. The summed E-state index contributed by atoms with van der Waals surface area (Å²) in [5, 5.41) is 9.37. The third-order valence-corrected chi connectivity index (χ3v) is 2.21. The van der Waals surface area contributed by atoms with Gasteiger partial charge >= 0.3 is 6.18 Å². The molecule has 0 unspecified atom stereocenters. The number of aliphatic hydroxyl groups excluding tert-OH is 1. The molecule has 0 aliphatic carbocycles. The highest BCUT2D eigenvalue weighted by Gasteiger charge is 2.38. The molecule has 0 saturated heterocycles. The maximum atomic E-state index is 13.1. The van der Waals surface area contributed by atoms with Crippen molar-refractivity contribution in [3.8, 4) is 0 Å². The SMILES string of the molecule is N[C@H](C[C@@H](O)c1cc(F)ccc1F)C(F)(F)F. The second-order valence-corrected chi connectivity index (χ2v) is 3.57. The molecule has 1 aromatic carbocycles. The summed E-state index contributed by atoms with van der Waals surface area (Å²) in [6.45, 7) is 0. The van der Waals surface area contributed by atoms with E-state index in [1.807, 2.05) is 0 Å². The van der Waals surface area contributed by atoms with Crippen LogP contribution in [0.5, 0.6) is 0 Å². The Morgan fingerprint density at radius 2 is 1.82 bits per heavy atom. The van der Waals surface area contributed by atoms with E-state index in [0.29, 0.717) is 6.07 Å². The molecule has 0 aliphatic rings. The lowest BCUT2D eigenvalue weighted by Gasteiger charge is -2.19. The molecule has 3 N–H and O–H groups in total. The largest absolute Gasteiger partial charge is 0.403 e. The molecule has 0 aromatic heterocycles. The first kappa shape index (κ1) is 13.9. The van der Waals surface area contributed by atoms with Crippen LogP contribution < -0.4 is 5.73 Å². The Morgan fingerprint density at radius 3 is 2.35 bits per heavy atom. The predicted octanol–water partition coefficient (Wildman–Crippen LogP) is 2.28. The average Bonchev–Trinajstić information content (AvgIpc) is 2.20. The molecule has 0 saturated carbocycles. The second-order valence-electron chi connectivity index (χ2n) is 3.57. The molecule has 0 spiro atoms. The van der Waals surface area contributed by atoms with Crippen molar-refractivity contribution in [1.29, 1.82) is 0 Å². The highest BCUT2D eigenvalue weighted by molar-refractivity contribution is 5.21. The van der Waals surface area contributed by atoms with Crippen LogP contribution in [0.15, 0.2) is 18.2 Å². The number of aliphatic hydroxyl groups is 1. The normalized spacial score (nSPS) is 15.7. The molecule has 0 heterocycles. The Morgan fingerprint density at radius 1 is 1.24 bits per heavy atom. The summed E-state index contributed by atoms with van der Waals surface area (Å²) in [7, 11) is 0. The van der Waals surface area contributed by atoms with Gasteiger partial charge in [-0.25, -0.2) is 8.78 Å². The first-order chi connectivity index (χ1) is 7.71. The lowest BCUT2D eigenvalue weighted by molar-refractivity contribution is -0.154. The minimum absolute atomic E-state index is 0.537. The summed E-state index contributed by atoms with van der Waals surface area (Å²) in [6.07, 6.45) is -7.42. The van der Waals surface area contributed by atoms with Gasteiger partial charge in [-0.1, -0.05) is 0 Å². The van der Waals surface area contributed by atoms with Crippen molar-refractivity contribution in [3.05, 3.63) is 35.4 Å². The standard InChI is InChI=1S/C10H10F5NO/c11-5-1-2-7(12)6(3-5)8(17)4-9(16)10(13,14)15/h1-3,8-9,17H,4,16H2/t8-,9-/m1/s1. The summed E-state index contributed by atoms with van der Waals surface area (Å²) in [5.41, 5.74) is 4.24. The Balaban J connectivity index is 2.83. The van der Waals surface area contributed by atoms with Crippen LogP contribution in [0.2, 0.25) is 0 Å². The monoisotopic (exact) mass is 255 g/mol. The molecule has 0 bridgehead atoms. The van der Waals surface area contributed by atoms with Gasteiger partial charge in [-0.05, 0) is 18.2 Å². The van der Waals surface area contributed by atoms with E-state index in [2.05, 4.69) is 0 Å². The molecule has 1 aromatic rings. The zero-order chi connectivity index (χ0) is 13.2. The smallest absolute Gasteiger partial charge is 0.388 e. The minimum atomic E-state index is -4.69. The van der Waals surface area contributed by atoms with E-state index in [1.165, 1.54) is 0 Å². The Kier molecular flexibility index (Phi) is 4.05. The Bertz CT molecular complexity index is 393. The lowest BCUT2D eigenvalue weighted by atomic mass is 10.0. The summed E-state index contributed by atoms with van der Waals surface area (Å²) in [4.78, 5) is 0. The molecule has 0 aliphatic heterocycles. The van der Waals surface area contributed by atoms with Gasteiger partial charge < -0.3 is 10.8 Å². The zero-order valence-corrected chi connectivity index (χ0v) is 8.51. The van der Waals surface area contributed by atoms with E-state index >= 15 is 0 Å². The van der Waals surface area contributed by atoms with Crippen LogP contribution in [-0.2, 0) is 0 Å². The van der Waals surface area contributed by atoms with E-state index in [4.69, 9.17) is 5.73 Å². The minimum Gasteiger partial charge on any atom is -0.388 e. The van der Waals surface area contributed by atoms with Crippen LogP contribution in [0, 0.1) is 11.6 Å². The van der Waals surface area contributed by atoms with E-state index in [1.54, 1.807) is 0 Å². The summed E-state index contributed by atoms with van der Waals surface area (Å²) in [5.74, 6) is -1.82. The van der Waals surface area contributed by atoms with Crippen LogP contribution in [0.1, 0.15) is 18.1 Å². The fourth-order valence-corrected chi connectivity index (χ4v) is 1.27. The van der Waals surface area contributed by atoms with Gasteiger partial charge in [0, 0.05) is 12.0 Å². The van der Waals surface area contributed by atoms with Crippen molar-refractivity contribution < 1.29 is 27.1 Å². The summed E-state index contributed by atoms with van der Waals surface area (Å²) in [6, 6.07) is -0.120. The number of rotatable bonds is 3. The van der Waals surface area contributed by atoms with Crippen molar-refractivity contribution in [1.82, 2.24) is 0 Å². The highest BCUT2D eigenvalue weighted by atomic mass is 19.4. The number of hydrogen-bond acceptors (Lipinski definition) is 2. The first-order valence-electron chi connectivity index (χ1n) is 4.67. The molecular weight excluding hydrogens is 245 g/mol. The molecule has 7 heteroatoms. The fraction of sp³-hybridized carbons (Fsp3) is 0.400. The van der Waals surface area contributed by atoms with Gasteiger partial charge in [0.05, 0.1) is 6.10 Å². The van der Waals surface area contributed by atoms with Crippen molar-refractivity contribution in [2.45, 2.75) is 24.7 Å². The van der Waals surface area contributed by atoms with Crippen LogP contribution in [0.4, 0.5) is 22.0 Å². The molecule has 1 rings (SSSR count). The van der Waals surface area contributed by atoms with Crippen LogP contribution in [0.25, 0.3) is 0 Å². The predicted molar refractivity (Wildman–Crippen MR) is 50.0 cm³/mol. The van der Waals surface area contributed by atoms with Crippen LogP contribution >= 0.6 is 0 Å². The Labute approximate surface area is 93.9 Å². The quantitative estimate of drug-likeness (QED) is 0.814. The number of nitrogens with two attached hydrogens (primary N) is 1. The fourth-order valence-electron chi connectivity index (χ4n) is 1.27. The molecule has 0 amide bonds. The van der Waals surface area contributed by atoms with Gasteiger partial charge in [0.2, 0.25) is 0 Å². The topological polar surface area (TPSA) is 46.2 Å². The van der Waals surface area contributed by atoms with Crippen LogP contribution in [0.3, 0.4) is 0 Å². The van der Waals surface area contributed by atoms with Gasteiger partial charge in [0.1, 0.15) is 17.7 Å². The maximum Gasteiger partial charge on any atom is 0.403 e. The van der Waals surface area contributed by atoms with Gasteiger partial charge in [-0.2, -0.15) is 13.2 Å². The average molecular weight is 255 g/mol. The van der Waals surface area contributed by atoms with E-state index in [-0.39, 0.29) is 0 Å². The molecule has 17 heavy (non-hydrogen) atoms. The molecular formula is C10H10F5NO. The Hall–Kier alpha value is -1.21. The van der Waals surface area contributed by atoms with Gasteiger partial charge in [0.15, 0.2) is 0 Å². The van der Waals surface area contributed by atoms with Gasteiger partial charge in [0.25, 0.3) is 0 Å². The summed E-state index contributed by atoms with van der Waals surface area (Å²) >= 11 is 0. The van der Waals surface area contributed by atoms with Gasteiger partial charge in [-0.3, -0.25) is 0 Å². The lowest BCUT2D eigenvalue weighted by Crippen LogP contribution is -2.38. The van der Waals surface area contributed by atoms with E-state index in [9.17, 15) is 27.1 Å². The zero-order valence-electron chi connectivity index (χ0n) is 8.51. The van der Waals surface area contributed by atoms with E-state index in [0.717, 1.165) is 12.1 Å². The molecule has 2 atom stereocenters. The van der Waals surface area contributed by atoms with Crippen molar-refractivity contribution in [2.24, 2.45) is 5.73 Å². The second kappa shape index (κ2) is 4.97. The number of alkyl halides is 3. The summed E-state index contributed by atoms with van der Waals surface area (Å²) < 4.78 is 62.2.